The number of aryl methyl sites for hydroxylation is 1. The number of hydrogen-bond acceptors (Lipinski definition) is 3. The van der Waals surface area contributed by atoms with Gasteiger partial charge in [-0.15, -0.1) is 0 Å². The van der Waals surface area contributed by atoms with Crippen LogP contribution in [0, 0.1) is 0 Å². The van der Waals surface area contributed by atoms with Gasteiger partial charge in [-0.05, 0) is 25.0 Å². The number of benzene rings is 1. The maximum Gasteiger partial charge on any atom is 0.326 e. The van der Waals surface area contributed by atoms with E-state index in [2.05, 4.69) is 4.98 Å². The number of carbonyl (C=O) groups excluding carboxylic acids is 1. The molecular formula is C16H19N3O3. The molecule has 1 fully saturated rings. The van der Waals surface area contributed by atoms with Gasteiger partial charge in [0.25, 0.3) is 0 Å². The summed E-state index contributed by atoms with van der Waals surface area (Å²) in [6.07, 6.45) is 2.00. The van der Waals surface area contributed by atoms with Crippen LogP contribution in [0.4, 0.5) is 0 Å². The van der Waals surface area contributed by atoms with E-state index in [-0.39, 0.29) is 12.5 Å². The fourth-order valence-electron chi connectivity index (χ4n) is 3.12. The second-order valence-corrected chi connectivity index (χ2v) is 5.54. The Morgan fingerprint density at radius 3 is 2.86 bits per heavy atom. The van der Waals surface area contributed by atoms with Gasteiger partial charge in [-0.3, -0.25) is 4.79 Å². The Kier molecular flexibility index (Phi) is 3.83. The molecular weight excluding hydrogens is 282 g/mol. The number of fused-ring (bicyclic) bond motifs is 1. The van der Waals surface area contributed by atoms with Gasteiger partial charge < -0.3 is 14.6 Å². The predicted octanol–water partition coefficient (Wildman–Crippen LogP) is 1.67. The normalized spacial score (nSPS) is 18.0. The molecule has 1 aromatic carbocycles. The van der Waals surface area contributed by atoms with E-state index in [1.165, 1.54) is 4.90 Å². The maximum atomic E-state index is 12.6. The number of rotatable bonds is 4. The smallest absolute Gasteiger partial charge is 0.326 e. The van der Waals surface area contributed by atoms with Crippen molar-refractivity contribution in [3.8, 4) is 0 Å². The standard InChI is InChI=1S/C16H19N3O3/c1-2-14-17-11-6-3-4-7-12(11)19(14)10-15(20)18-9-5-8-13(18)16(21)22/h3-4,6-7,13H,2,5,8-10H2,1H3,(H,21,22)/t13-/m0/s1. The van der Waals surface area contributed by atoms with Gasteiger partial charge in [-0.2, -0.15) is 0 Å². The molecule has 1 N–H and O–H groups in total. The van der Waals surface area contributed by atoms with Crippen LogP contribution in [0.5, 0.6) is 0 Å². The molecule has 0 spiro atoms. The Bertz CT molecular complexity index is 722. The number of nitrogens with zero attached hydrogens (tertiary/aromatic N) is 3. The second-order valence-electron chi connectivity index (χ2n) is 5.54. The monoisotopic (exact) mass is 301 g/mol. The van der Waals surface area contributed by atoms with Crippen LogP contribution in [-0.2, 0) is 22.6 Å². The van der Waals surface area contributed by atoms with E-state index in [1.807, 2.05) is 35.8 Å². The molecule has 1 saturated heterocycles. The molecule has 1 aromatic heterocycles. The molecule has 1 amide bonds. The summed E-state index contributed by atoms with van der Waals surface area (Å²) in [5.74, 6) is -0.222. The molecule has 2 heterocycles. The van der Waals surface area contributed by atoms with Gasteiger partial charge in [0.1, 0.15) is 18.4 Å². The molecule has 0 unspecified atom stereocenters. The highest BCUT2D eigenvalue weighted by atomic mass is 16.4. The molecule has 22 heavy (non-hydrogen) atoms. The van der Waals surface area contributed by atoms with Crippen LogP contribution in [0.2, 0.25) is 0 Å². The molecule has 0 saturated carbocycles. The van der Waals surface area contributed by atoms with Crippen LogP contribution in [0.3, 0.4) is 0 Å². The van der Waals surface area contributed by atoms with Crippen molar-refractivity contribution in [2.75, 3.05) is 6.54 Å². The lowest BCUT2D eigenvalue weighted by atomic mass is 10.2. The highest BCUT2D eigenvalue weighted by Crippen LogP contribution is 2.20. The zero-order valence-corrected chi connectivity index (χ0v) is 12.5. The predicted molar refractivity (Wildman–Crippen MR) is 81.5 cm³/mol. The van der Waals surface area contributed by atoms with Crippen molar-refractivity contribution in [2.24, 2.45) is 0 Å². The van der Waals surface area contributed by atoms with Crippen LogP contribution >= 0.6 is 0 Å². The van der Waals surface area contributed by atoms with Crippen LogP contribution in [0.25, 0.3) is 11.0 Å². The minimum atomic E-state index is -0.919. The van der Waals surface area contributed by atoms with E-state index >= 15 is 0 Å². The first-order valence-corrected chi connectivity index (χ1v) is 7.58. The van der Waals surface area contributed by atoms with Gasteiger partial charge in [0, 0.05) is 13.0 Å². The third-order valence-electron chi connectivity index (χ3n) is 4.20. The van der Waals surface area contributed by atoms with Gasteiger partial charge in [-0.1, -0.05) is 19.1 Å². The summed E-state index contributed by atoms with van der Waals surface area (Å²) in [4.78, 5) is 29.8. The lowest BCUT2D eigenvalue weighted by Crippen LogP contribution is -2.42. The van der Waals surface area contributed by atoms with Crippen molar-refractivity contribution in [1.82, 2.24) is 14.5 Å². The SMILES string of the molecule is CCc1nc2ccccc2n1CC(=O)N1CCC[C@H]1C(=O)O. The summed E-state index contributed by atoms with van der Waals surface area (Å²) >= 11 is 0. The third-order valence-corrected chi connectivity index (χ3v) is 4.20. The number of carbonyl (C=O) groups is 2. The van der Waals surface area contributed by atoms with Crippen molar-refractivity contribution in [1.29, 1.82) is 0 Å². The van der Waals surface area contributed by atoms with Crippen LogP contribution in [0.15, 0.2) is 24.3 Å². The van der Waals surface area contributed by atoms with Gasteiger partial charge in [0.05, 0.1) is 11.0 Å². The zero-order chi connectivity index (χ0) is 15.7. The highest BCUT2D eigenvalue weighted by molar-refractivity contribution is 5.85. The summed E-state index contributed by atoms with van der Waals surface area (Å²) in [6, 6.07) is 7.01. The number of carboxylic acid groups (broad SMARTS) is 1. The number of aliphatic carboxylic acids is 1. The first-order valence-electron chi connectivity index (χ1n) is 7.58. The topological polar surface area (TPSA) is 75.4 Å². The summed E-state index contributed by atoms with van der Waals surface area (Å²) in [7, 11) is 0. The average Bonchev–Trinajstić information content (AvgIpc) is 3.12. The molecule has 1 atom stereocenters. The number of hydrogen-bond donors (Lipinski definition) is 1. The van der Waals surface area contributed by atoms with E-state index < -0.39 is 12.0 Å². The van der Waals surface area contributed by atoms with Crippen molar-refractivity contribution in [2.45, 2.75) is 38.8 Å². The molecule has 6 heteroatoms. The third kappa shape index (κ3) is 2.45. The highest BCUT2D eigenvalue weighted by Gasteiger charge is 2.34. The van der Waals surface area contributed by atoms with Crippen molar-refractivity contribution >= 4 is 22.9 Å². The minimum Gasteiger partial charge on any atom is -0.480 e. The van der Waals surface area contributed by atoms with E-state index in [4.69, 9.17) is 0 Å². The van der Waals surface area contributed by atoms with E-state index in [1.54, 1.807) is 0 Å². The first-order chi connectivity index (χ1) is 10.6. The van der Waals surface area contributed by atoms with Crippen molar-refractivity contribution in [3.05, 3.63) is 30.1 Å². The Balaban J connectivity index is 1.89. The molecule has 0 bridgehead atoms. The summed E-state index contributed by atoms with van der Waals surface area (Å²) < 4.78 is 1.90. The second kappa shape index (κ2) is 5.79. The van der Waals surface area contributed by atoms with Crippen molar-refractivity contribution < 1.29 is 14.7 Å². The Labute approximate surface area is 128 Å². The summed E-state index contributed by atoms with van der Waals surface area (Å²) in [6.45, 7) is 2.66. The molecule has 2 aromatic rings. The fourth-order valence-corrected chi connectivity index (χ4v) is 3.12. The van der Waals surface area contributed by atoms with Gasteiger partial charge in [0.2, 0.25) is 5.91 Å². The van der Waals surface area contributed by atoms with E-state index in [9.17, 15) is 14.7 Å². The Morgan fingerprint density at radius 2 is 2.14 bits per heavy atom. The molecule has 116 valence electrons. The summed E-state index contributed by atoms with van der Waals surface area (Å²) in [5.41, 5.74) is 1.78. The van der Waals surface area contributed by atoms with Crippen LogP contribution in [0.1, 0.15) is 25.6 Å². The average molecular weight is 301 g/mol. The van der Waals surface area contributed by atoms with Gasteiger partial charge in [0.15, 0.2) is 0 Å². The molecule has 1 aliphatic rings. The molecule has 0 radical (unpaired) electrons. The first kappa shape index (κ1) is 14.6. The maximum absolute atomic E-state index is 12.6. The number of amides is 1. The minimum absolute atomic E-state index is 0.146. The number of carboxylic acids is 1. The lowest BCUT2D eigenvalue weighted by molar-refractivity contribution is -0.148. The number of likely N-dealkylation sites (tertiary alicyclic amines) is 1. The summed E-state index contributed by atoms with van der Waals surface area (Å²) in [5, 5.41) is 9.22. The number of aromatic nitrogens is 2. The molecule has 1 aliphatic heterocycles. The van der Waals surface area contributed by atoms with Gasteiger partial charge >= 0.3 is 5.97 Å². The Hall–Kier alpha value is -2.37. The van der Waals surface area contributed by atoms with Crippen molar-refractivity contribution in [3.63, 3.8) is 0 Å². The lowest BCUT2D eigenvalue weighted by Gasteiger charge is -2.22. The number of para-hydroxylation sites is 2. The van der Waals surface area contributed by atoms with Crippen LogP contribution in [-0.4, -0.2) is 44.0 Å². The van der Waals surface area contributed by atoms with Gasteiger partial charge in [-0.25, -0.2) is 9.78 Å². The van der Waals surface area contributed by atoms with E-state index in [0.717, 1.165) is 29.7 Å². The molecule has 0 aliphatic carbocycles. The zero-order valence-electron chi connectivity index (χ0n) is 12.5. The van der Waals surface area contributed by atoms with Crippen LogP contribution < -0.4 is 0 Å². The number of imidazole rings is 1. The molecule has 6 nitrogen and oxygen atoms in total. The molecule has 3 rings (SSSR count). The fraction of sp³-hybridized carbons (Fsp3) is 0.438. The quantitative estimate of drug-likeness (QED) is 0.932. The van der Waals surface area contributed by atoms with E-state index in [0.29, 0.717) is 13.0 Å². The largest absolute Gasteiger partial charge is 0.480 e. The Morgan fingerprint density at radius 1 is 1.36 bits per heavy atom.